The Morgan fingerprint density at radius 3 is 3.00 bits per heavy atom. The van der Waals surface area contributed by atoms with Crippen molar-refractivity contribution >= 4 is 32.8 Å². The number of aryl methyl sites for hydroxylation is 1. The van der Waals surface area contributed by atoms with Crippen LogP contribution in [0.3, 0.4) is 0 Å². The van der Waals surface area contributed by atoms with Crippen LogP contribution in [0, 0.1) is 6.92 Å². The summed E-state index contributed by atoms with van der Waals surface area (Å²) in [5, 5.41) is 1.07. The van der Waals surface area contributed by atoms with E-state index in [1.54, 1.807) is 6.07 Å². The Bertz CT molecular complexity index is 433. The molecule has 0 aromatic carbocycles. The van der Waals surface area contributed by atoms with E-state index in [1.165, 1.54) is 0 Å². The van der Waals surface area contributed by atoms with Gasteiger partial charge >= 0.3 is 0 Å². The fourth-order valence-electron chi connectivity index (χ4n) is 1.21. The van der Waals surface area contributed by atoms with E-state index in [0.29, 0.717) is 5.82 Å². The van der Waals surface area contributed by atoms with Crippen molar-refractivity contribution in [3.05, 3.63) is 22.3 Å². The first kappa shape index (κ1) is 7.61. The molecule has 0 fully saturated rings. The van der Waals surface area contributed by atoms with Crippen LogP contribution in [0.1, 0.15) is 5.69 Å². The van der Waals surface area contributed by atoms with E-state index in [-0.39, 0.29) is 0 Å². The quantitative estimate of drug-likeness (QED) is 0.723. The van der Waals surface area contributed by atoms with Crippen molar-refractivity contribution in [2.24, 2.45) is 0 Å². The van der Waals surface area contributed by atoms with Gasteiger partial charge in [-0.3, -0.25) is 0 Å². The molecule has 0 saturated carbocycles. The van der Waals surface area contributed by atoms with E-state index < -0.39 is 0 Å². The van der Waals surface area contributed by atoms with Gasteiger partial charge in [-0.25, -0.2) is 4.98 Å². The number of hydrogen-bond acceptors (Lipinski definition) is 2. The largest absolute Gasteiger partial charge is 0.384 e. The summed E-state index contributed by atoms with van der Waals surface area (Å²) >= 11 is 3.42. The number of nitrogen functional groups attached to an aromatic ring is 1. The summed E-state index contributed by atoms with van der Waals surface area (Å²) in [6, 6.07) is 3.83. The number of anilines is 1. The molecule has 62 valence electrons. The zero-order chi connectivity index (χ0) is 8.72. The molecule has 2 aromatic rings. The Hall–Kier alpha value is -1.03. The number of H-pyrrole nitrogens is 1. The summed E-state index contributed by atoms with van der Waals surface area (Å²) in [4.78, 5) is 7.27. The standard InChI is InChI=1S/C8H8BrN3/c1-4-2-5-6(9)3-7(10)12-8(5)11-4/h2-3H,1H3,(H3,10,11,12). The summed E-state index contributed by atoms with van der Waals surface area (Å²) in [6.45, 7) is 1.99. The summed E-state index contributed by atoms with van der Waals surface area (Å²) in [6.07, 6.45) is 0. The lowest BCUT2D eigenvalue weighted by Gasteiger charge is -1.95. The van der Waals surface area contributed by atoms with Gasteiger partial charge in [0.15, 0.2) is 0 Å². The molecule has 0 unspecified atom stereocenters. The second-order valence-corrected chi connectivity index (χ2v) is 3.60. The Morgan fingerprint density at radius 2 is 2.25 bits per heavy atom. The number of aromatic amines is 1. The smallest absolute Gasteiger partial charge is 0.141 e. The van der Waals surface area contributed by atoms with Crippen molar-refractivity contribution in [3.63, 3.8) is 0 Å². The monoisotopic (exact) mass is 225 g/mol. The molecule has 0 saturated heterocycles. The number of nitrogens with two attached hydrogens (primary N) is 1. The number of halogens is 1. The van der Waals surface area contributed by atoms with Gasteiger partial charge in [-0.1, -0.05) is 0 Å². The molecule has 2 rings (SSSR count). The first-order valence-corrected chi connectivity index (χ1v) is 4.37. The molecule has 4 heteroatoms. The molecule has 0 aliphatic heterocycles. The van der Waals surface area contributed by atoms with Crippen LogP contribution in [0.2, 0.25) is 0 Å². The van der Waals surface area contributed by atoms with E-state index in [2.05, 4.69) is 25.9 Å². The van der Waals surface area contributed by atoms with Crippen molar-refractivity contribution in [1.82, 2.24) is 9.97 Å². The van der Waals surface area contributed by atoms with E-state index in [4.69, 9.17) is 5.73 Å². The van der Waals surface area contributed by atoms with Gasteiger partial charge in [0, 0.05) is 15.6 Å². The topological polar surface area (TPSA) is 54.7 Å². The van der Waals surface area contributed by atoms with E-state index >= 15 is 0 Å². The Balaban J connectivity index is 2.88. The van der Waals surface area contributed by atoms with Crippen molar-refractivity contribution in [2.45, 2.75) is 6.92 Å². The van der Waals surface area contributed by atoms with Crippen LogP contribution in [0.5, 0.6) is 0 Å². The van der Waals surface area contributed by atoms with Gasteiger partial charge in [0.1, 0.15) is 11.5 Å². The molecule has 0 spiro atoms. The summed E-state index contributed by atoms with van der Waals surface area (Å²) in [5.74, 6) is 0.524. The van der Waals surface area contributed by atoms with Crippen molar-refractivity contribution in [2.75, 3.05) is 5.73 Å². The first-order chi connectivity index (χ1) is 5.66. The first-order valence-electron chi connectivity index (χ1n) is 3.58. The van der Waals surface area contributed by atoms with Gasteiger partial charge in [-0.2, -0.15) is 0 Å². The summed E-state index contributed by atoms with van der Waals surface area (Å²) in [5.41, 5.74) is 7.49. The van der Waals surface area contributed by atoms with Crippen LogP contribution in [-0.4, -0.2) is 9.97 Å². The molecule has 0 bridgehead atoms. The van der Waals surface area contributed by atoms with Crippen LogP contribution in [-0.2, 0) is 0 Å². The highest BCUT2D eigenvalue weighted by molar-refractivity contribution is 9.10. The van der Waals surface area contributed by atoms with Gasteiger partial charge < -0.3 is 10.7 Å². The molecule has 2 aromatic heterocycles. The lowest BCUT2D eigenvalue weighted by Crippen LogP contribution is -1.89. The minimum atomic E-state index is 0.524. The molecular weight excluding hydrogens is 218 g/mol. The highest BCUT2D eigenvalue weighted by Crippen LogP contribution is 2.24. The van der Waals surface area contributed by atoms with Gasteiger partial charge in [0.25, 0.3) is 0 Å². The van der Waals surface area contributed by atoms with Gasteiger partial charge in [0.2, 0.25) is 0 Å². The lowest BCUT2D eigenvalue weighted by molar-refractivity contribution is 1.25. The van der Waals surface area contributed by atoms with Crippen molar-refractivity contribution in [3.8, 4) is 0 Å². The molecule has 0 atom stereocenters. The minimum Gasteiger partial charge on any atom is -0.384 e. The molecule has 3 N–H and O–H groups in total. The van der Waals surface area contributed by atoms with Crippen molar-refractivity contribution < 1.29 is 0 Å². The van der Waals surface area contributed by atoms with Crippen LogP contribution >= 0.6 is 15.9 Å². The van der Waals surface area contributed by atoms with E-state index in [9.17, 15) is 0 Å². The number of nitrogens with zero attached hydrogens (tertiary/aromatic N) is 1. The van der Waals surface area contributed by atoms with Gasteiger partial charge in [0.05, 0.1) is 0 Å². The Kier molecular flexibility index (Phi) is 1.58. The van der Waals surface area contributed by atoms with Crippen molar-refractivity contribution in [1.29, 1.82) is 0 Å². The summed E-state index contributed by atoms with van der Waals surface area (Å²) in [7, 11) is 0. The number of aromatic nitrogens is 2. The molecule has 0 aliphatic rings. The van der Waals surface area contributed by atoms with Crippen LogP contribution in [0.4, 0.5) is 5.82 Å². The number of pyridine rings is 1. The number of fused-ring (bicyclic) bond motifs is 1. The predicted molar refractivity (Wildman–Crippen MR) is 52.9 cm³/mol. The average molecular weight is 226 g/mol. The second kappa shape index (κ2) is 2.48. The fourth-order valence-corrected chi connectivity index (χ4v) is 1.75. The molecule has 3 nitrogen and oxygen atoms in total. The Labute approximate surface area is 78.1 Å². The maximum atomic E-state index is 5.57. The fraction of sp³-hybridized carbons (Fsp3) is 0.125. The average Bonchev–Trinajstić information content (AvgIpc) is 2.29. The maximum Gasteiger partial charge on any atom is 0.141 e. The third kappa shape index (κ3) is 1.08. The van der Waals surface area contributed by atoms with E-state index in [0.717, 1.165) is 21.2 Å². The second-order valence-electron chi connectivity index (χ2n) is 2.74. The highest BCUT2D eigenvalue weighted by atomic mass is 79.9. The van der Waals surface area contributed by atoms with E-state index in [1.807, 2.05) is 13.0 Å². The highest BCUT2D eigenvalue weighted by Gasteiger charge is 2.03. The number of hydrogen-bond donors (Lipinski definition) is 2. The number of rotatable bonds is 0. The molecule has 12 heavy (non-hydrogen) atoms. The summed E-state index contributed by atoms with van der Waals surface area (Å²) < 4.78 is 0.981. The van der Waals surface area contributed by atoms with Crippen LogP contribution in [0.25, 0.3) is 11.0 Å². The van der Waals surface area contributed by atoms with Gasteiger partial charge in [-0.15, -0.1) is 0 Å². The van der Waals surface area contributed by atoms with Gasteiger partial charge in [-0.05, 0) is 35.0 Å². The van der Waals surface area contributed by atoms with Crippen LogP contribution in [0.15, 0.2) is 16.6 Å². The maximum absolute atomic E-state index is 5.57. The lowest BCUT2D eigenvalue weighted by atomic mass is 10.3. The molecule has 0 radical (unpaired) electrons. The zero-order valence-corrected chi connectivity index (χ0v) is 8.14. The Morgan fingerprint density at radius 1 is 1.50 bits per heavy atom. The SMILES string of the molecule is Cc1cc2c(Br)cc(N)nc2[nH]1. The van der Waals surface area contributed by atoms with Crippen LogP contribution < -0.4 is 5.73 Å². The number of nitrogens with one attached hydrogen (secondary N) is 1. The molecular formula is C8H8BrN3. The predicted octanol–water partition coefficient (Wildman–Crippen LogP) is 2.22. The zero-order valence-electron chi connectivity index (χ0n) is 6.56. The minimum absolute atomic E-state index is 0.524. The molecule has 0 amide bonds. The molecule has 0 aliphatic carbocycles. The normalized spacial score (nSPS) is 10.8. The molecule has 2 heterocycles. The third-order valence-corrected chi connectivity index (χ3v) is 2.36. The third-order valence-electron chi connectivity index (χ3n) is 1.70.